The average molecular weight is 505 g/mol. The van der Waals surface area contributed by atoms with Gasteiger partial charge in [-0.25, -0.2) is 9.97 Å². The number of anilines is 1. The van der Waals surface area contributed by atoms with E-state index in [1.807, 2.05) is 0 Å². The average Bonchev–Trinajstić information content (AvgIpc) is 3.45. The Morgan fingerprint density at radius 1 is 1.03 bits per heavy atom. The molecule has 6 rings (SSSR count). The van der Waals surface area contributed by atoms with Gasteiger partial charge in [-0.2, -0.15) is 0 Å². The van der Waals surface area contributed by atoms with Crippen molar-refractivity contribution in [3.05, 3.63) is 52.7 Å². The molecular weight excluding hydrogens is 468 g/mol. The van der Waals surface area contributed by atoms with Gasteiger partial charge in [0.2, 0.25) is 5.91 Å². The number of benzene rings is 1. The van der Waals surface area contributed by atoms with Crippen LogP contribution < -0.4 is 11.1 Å². The van der Waals surface area contributed by atoms with Crippen molar-refractivity contribution in [2.24, 2.45) is 5.73 Å². The summed E-state index contributed by atoms with van der Waals surface area (Å²) >= 11 is 1.76. The Balaban J connectivity index is 1.05. The van der Waals surface area contributed by atoms with Gasteiger partial charge in [0.15, 0.2) is 0 Å². The van der Waals surface area contributed by atoms with Crippen LogP contribution in [0.4, 0.5) is 5.82 Å². The highest BCUT2D eigenvalue weighted by atomic mass is 32.1. The van der Waals surface area contributed by atoms with Crippen LogP contribution in [0.15, 0.2) is 36.7 Å². The Bertz CT molecular complexity index is 1200. The minimum absolute atomic E-state index is 0.203. The summed E-state index contributed by atoms with van der Waals surface area (Å²) in [6.45, 7) is 5.71. The van der Waals surface area contributed by atoms with E-state index >= 15 is 0 Å². The second-order valence-corrected chi connectivity index (χ2v) is 11.8. The van der Waals surface area contributed by atoms with Crippen LogP contribution in [-0.2, 0) is 17.8 Å². The maximum atomic E-state index is 11.7. The predicted molar refractivity (Wildman–Crippen MR) is 145 cm³/mol. The predicted octanol–water partition coefficient (Wildman–Crippen LogP) is 4.14. The summed E-state index contributed by atoms with van der Waals surface area (Å²) in [7, 11) is 0. The number of hydrogen-bond acceptors (Lipinski definition) is 7. The molecule has 1 amide bonds. The first kappa shape index (κ1) is 23.8. The smallest absolute Gasteiger partial charge is 0.218 e. The van der Waals surface area contributed by atoms with Gasteiger partial charge in [-0.05, 0) is 55.6 Å². The van der Waals surface area contributed by atoms with Gasteiger partial charge in [0.1, 0.15) is 17.0 Å². The van der Waals surface area contributed by atoms with E-state index in [-0.39, 0.29) is 11.8 Å². The minimum atomic E-state index is -0.224. The topological polar surface area (TPSA) is 87.4 Å². The summed E-state index contributed by atoms with van der Waals surface area (Å²) in [5, 5.41) is 4.92. The van der Waals surface area contributed by atoms with Gasteiger partial charge in [-0.3, -0.25) is 14.6 Å². The number of nitrogens with zero attached hydrogens (tertiary/aromatic N) is 4. The molecule has 190 valence electrons. The normalized spacial score (nSPS) is 25.2. The lowest BCUT2D eigenvalue weighted by Gasteiger charge is -2.42. The zero-order chi connectivity index (χ0) is 24.5. The van der Waals surface area contributed by atoms with Crippen LogP contribution in [0.2, 0.25) is 0 Å². The summed E-state index contributed by atoms with van der Waals surface area (Å²) in [5.74, 6) is 0.929. The van der Waals surface area contributed by atoms with Crippen molar-refractivity contribution >= 4 is 33.3 Å². The SMILES string of the molecule is NC(=O)C[C@H]1CCc2sc3ncnc(NC4CCC(N5CCN(Cc6ccccc6)CC5)CC4)c3c21. The summed E-state index contributed by atoms with van der Waals surface area (Å²) in [6.07, 6.45) is 8.90. The van der Waals surface area contributed by atoms with Crippen LogP contribution in [0.25, 0.3) is 10.2 Å². The van der Waals surface area contributed by atoms with E-state index in [2.05, 4.69) is 55.4 Å². The maximum Gasteiger partial charge on any atom is 0.218 e. The van der Waals surface area contributed by atoms with Crippen LogP contribution in [0.3, 0.4) is 0 Å². The molecule has 1 saturated carbocycles. The zero-order valence-corrected chi connectivity index (χ0v) is 21.7. The highest BCUT2D eigenvalue weighted by molar-refractivity contribution is 7.19. The number of carbonyl (C=O) groups is 1. The molecule has 1 atom stereocenters. The van der Waals surface area contributed by atoms with Crippen molar-refractivity contribution in [1.29, 1.82) is 0 Å². The molecule has 1 aliphatic heterocycles. The van der Waals surface area contributed by atoms with Crippen molar-refractivity contribution < 1.29 is 4.79 Å². The summed E-state index contributed by atoms with van der Waals surface area (Å²) < 4.78 is 0. The Labute approximate surface area is 217 Å². The summed E-state index contributed by atoms with van der Waals surface area (Å²) in [4.78, 5) is 28.6. The van der Waals surface area contributed by atoms with Gasteiger partial charge < -0.3 is 11.1 Å². The maximum absolute atomic E-state index is 11.7. The molecule has 2 aromatic heterocycles. The van der Waals surface area contributed by atoms with Crippen molar-refractivity contribution in [3.8, 4) is 0 Å². The molecule has 2 aliphatic carbocycles. The van der Waals surface area contributed by atoms with E-state index in [0.29, 0.717) is 18.5 Å². The second-order valence-electron chi connectivity index (χ2n) is 10.7. The molecule has 0 bridgehead atoms. The molecule has 7 nitrogen and oxygen atoms in total. The molecule has 3 aromatic rings. The Morgan fingerprint density at radius 2 is 1.81 bits per heavy atom. The van der Waals surface area contributed by atoms with Crippen LogP contribution in [0.1, 0.15) is 60.4 Å². The molecule has 0 spiro atoms. The van der Waals surface area contributed by atoms with E-state index in [0.717, 1.165) is 61.4 Å². The Hall–Kier alpha value is -2.55. The highest BCUT2D eigenvalue weighted by Crippen LogP contribution is 2.46. The molecule has 2 fully saturated rings. The monoisotopic (exact) mass is 504 g/mol. The van der Waals surface area contributed by atoms with Crippen molar-refractivity contribution in [2.75, 3.05) is 31.5 Å². The molecule has 3 heterocycles. The fraction of sp³-hybridized carbons (Fsp3) is 0.536. The number of primary amides is 1. The van der Waals surface area contributed by atoms with E-state index < -0.39 is 0 Å². The standard InChI is InChI=1S/C28H36N6OS/c29-24(35)16-20-6-11-23-25(20)26-27(30-18-31-28(26)36-23)32-21-7-9-22(10-8-21)34-14-12-33(13-15-34)17-19-4-2-1-3-5-19/h1-5,18,20-22H,6-17H2,(H2,29,35)(H,30,31,32)/t20-,21?,22?/m1/s1. The third kappa shape index (κ3) is 4.99. The van der Waals surface area contributed by atoms with Gasteiger partial charge in [-0.1, -0.05) is 30.3 Å². The lowest BCUT2D eigenvalue weighted by Crippen LogP contribution is -2.51. The molecule has 0 radical (unpaired) electrons. The number of aryl methyl sites for hydroxylation is 1. The van der Waals surface area contributed by atoms with E-state index in [9.17, 15) is 4.79 Å². The van der Waals surface area contributed by atoms with Gasteiger partial charge in [-0.15, -0.1) is 11.3 Å². The Kier molecular flexibility index (Phi) is 6.91. The quantitative estimate of drug-likeness (QED) is 0.503. The van der Waals surface area contributed by atoms with Crippen molar-refractivity contribution in [1.82, 2.24) is 19.8 Å². The highest BCUT2D eigenvalue weighted by Gasteiger charge is 2.32. The van der Waals surface area contributed by atoms with E-state index in [1.165, 1.54) is 41.9 Å². The van der Waals surface area contributed by atoms with Crippen LogP contribution in [-0.4, -0.2) is 63.9 Å². The van der Waals surface area contributed by atoms with Crippen LogP contribution in [0, 0.1) is 0 Å². The summed E-state index contributed by atoms with van der Waals surface area (Å²) in [6, 6.07) is 11.9. The number of hydrogen-bond donors (Lipinski definition) is 2. The third-order valence-electron chi connectivity index (χ3n) is 8.39. The minimum Gasteiger partial charge on any atom is -0.370 e. The molecule has 8 heteroatoms. The molecule has 0 unspecified atom stereocenters. The number of nitrogens with two attached hydrogens (primary N) is 1. The van der Waals surface area contributed by atoms with Crippen molar-refractivity contribution in [3.63, 3.8) is 0 Å². The zero-order valence-electron chi connectivity index (χ0n) is 20.9. The molecule has 3 aliphatic rings. The lowest BCUT2D eigenvalue weighted by molar-refractivity contribution is -0.118. The number of carbonyl (C=O) groups excluding carboxylic acids is 1. The number of aromatic nitrogens is 2. The molecule has 36 heavy (non-hydrogen) atoms. The van der Waals surface area contributed by atoms with E-state index in [4.69, 9.17) is 5.73 Å². The fourth-order valence-corrected chi connectivity index (χ4v) is 7.77. The largest absolute Gasteiger partial charge is 0.370 e. The van der Waals surface area contributed by atoms with Gasteiger partial charge >= 0.3 is 0 Å². The summed E-state index contributed by atoms with van der Waals surface area (Å²) in [5.41, 5.74) is 8.24. The lowest BCUT2D eigenvalue weighted by atomic mass is 9.89. The second kappa shape index (κ2) is 10.4. The van der Waals surface area contributed by atoms with Gasteiger partial charge in [0, 0.05) is 56.1 Å². The fourth-order valence-electron chi connectivity index (χ4n) is 6.53. The number of amides is 1. The van der Waals surface area contributed by atoms with Gasteiger partial charge in [0.25, 0.3) is 0 Å². The number of rotatable bonds is 7. The van der Waals surface area contributed by atoms with E-state index in [1.54, 1.807) is 17.7 Å². The molecule has 1 saturated heterocycles. The first-order chi connectivity index (χ1) is 17.6. The van der Waals surface area contributed by atoms with Gasteiger partial charge in [0.05, 0.1) is 5.39 Å². The van der Waals surface area contributed by atoms with Crippen LogP contribution in [0.5, 0.6) is 0 Å². The van der Waals surface area contributed by atoms with Crippen molar-refractivity contribution in [2.45, 2.75) is 69.5 Å². The Morgan fingerprint density at radius 3 is 2.56 bits per heavy atom. The number of piperazine rings is 1. The first-order valence-electron chi connectivity index (χ1n) is 13.5. The number of fused-ring (bicyclic) bond motifs is 3. The molecule has 3 N–H and O–H groups in total. The number of thiophene rings is 1. The third-order valence-corrected chi connectivity index (χ3v) is 9.56. The first-order valence-corrected chi connectivity index (χ1v) is 14.3. The molecule has 1 aromatic carbocycles. The number of nitrogens with one attached hydrogen (secondary N) is 1. The molecular formula is C28H36N6OS. The van der Waals surface area contributed by atoms with Crippen LogP contribution >= 0.6 is 11.3 Å².